The Hall–Kier alpha value is -2.28. The van der Waals surface area contributed by atoms with Crippen LogP contribution in [-0.2, 0) is 6.54 Å². The Kier molecular flexibility index (Phi) is 4.99. The summed E-state index contributed by atoms with van der Waals surface area (Å²) < 4.78 is 28.2. The minimum Gasteiger partial charge on any atom is -0.435 e. The second-order valence-corrected chi connectivity index (χ2v) is 4.33. The van der Waals surface area contributed by atoms with Crippen LogP contribution in [0.1, 0.15) is 16.1 Å². The molecular weight excluding hydrogens is 304 g/mol. The lowest BCUT2D eigenvalue weighted by Crippen LogP contribution is -2.24. The van der Waals surface area contributed by atoms with Gasteiger partial charge in [-0.2, -0.15) is 8.78 Å². The van der Waals surface area contributed by atoms with Crippen LogP contribution in [0.2, 0.25) is 5.15 Å². The number of aromatic nitrogens is 2. The van der Waals surface area contributed by atoms with E-state index in [0.29, 0.717) is 0 Å². The quantitative estimate of drug-likeness (QED) is 0.921. The fraction of sp³-hybridized carbons (Fsp3) is 0.154. The predicted molar refractivity (Wildman–Crippen MR) is 71.3 cm³/mol. The van der Waals surface area contributed by atoms with Crippen molar-refractivity contribution in [3.05, 3.63) is 52.8 Å². The molecule has 1 aromatic carbocycles. The maximum Gasteiger partial charge on any atom is 0.387 e. The highest BCUT2D eigenvalue weighted by Crippen LogP contribution is 2.14. The summed E-state index contributed by atoms with van der Waals surface area (Å²) in [4.78, 5) is 11.8. The minimum atomic E-state index is -2.86. The molecule has 0 saturated heterocycles. The Morgan fingerprint density at radius 2 is 1.90 bits per heavy atom. The summed E-state index contributed by atoms with van der Waals surface area (Å²) in [5.74, 6) is -0.351. The van der Waals surface area contributed by atoms with Crippen LogP contribution in [-0.4, -0.2) is 22.7 Å². The number of carbonyl (C=O) groups excluding carboxylic acids is 1. The summed E-state index contributed by atoms with van der Waals surface area (Å²) in [7, 11) is 0. The van der Waals surface area contributed by atoms with E-state index in [-0.39, 0.29) is 23.1 Å². The van der Waals surface area contributed by atoms with Crippen LogP contribution in [0.15, 0.2) is 36.4 Å². The smallest absolute Gasteiger partial charge is 0.387 e. The number of carbonyl (C=O) groups is 1. The average Bonchev–Trinajstić information content (AvgIpc) is 2.46. The zero-order chi connectivity index (χ0) is 15.2. The van der Waals surface area contributed by atoms with Crippen molar-refractivity contribution < 1.29 is 18.3 Å². The fourth-order valence-electron chi connectivity index (χ4n) is 1.50. The zero-order valence-corrected chi connectivity index (χ0v) is 11.3. The van der Waals surface area contributed by atoms with E-state index in [1.165, 1.54) is 24.3 Å². The lowest BCUT2D eigenvalue weighted by atomic mass is 10.2. The second kappa shape index (κ2) is 6.94. The Morgan fingerprint density at radius 3 is 2.48 bits per heavy atom. The molecule has 0 saturated carbocycles. The molecule has 8 heteroatoms. The Labute approximate surface area is 123 Å². The summed E-state index contributed by atoms with van der Waals surface area (Å²) in [6.07, 6.45) is 0. The monoisotopic (exact) mass is 313 g/mol. The first-order valence-corrected chi connectivity index (χ1v) is 6.23. The normalized spacial score (nSPS) is 10.5. The van der Waals surface area contributed by atoms with E-state index < -0.39 is 12.5 Å². The molecule has 0 aliphatic rings. The molecule has 21 heavy (non-hydrogen) atoms. The van der Waals surface area contributed by atoms with Gasteiger partial charge in [0.1, 0.15) is 5.75 Å². The molecule has 2 rings (SSSR count). The number of alkyl halides is 2. The molecule has 0 atom stereocenters. The van der Waals surface area contributed by atoms with Gasteiger partial charge in [0, 0.05) is 6.54 Å². The maximum atomic E-state index is 12.0. The number of benzene rings is 1. The van der Waals surface area contributed by atoms with Crippen molar-refractivity contribution in [1.82, 2.24) is 15.5 Å². The van der Waals surface area contributed by atoms with Gasteiger partial charge in [0.2, 0.25) is 0 Å². The highest BCUT2D eigenvalue weighted by Gasteiger charge is 2.08. The van der Waals surface area contributed by atoms with E-state index in [4.69, 9.17) is 11.6 Å². The first kappa shape index (κ1) is 15.1. The van der Waals surface area contributed by atoms with Gasteiger partial charge in [-0.25, -0.2) is 0 Å². The van der Waals surface area contributed by atoms with Crippen LogP contribution in [0, 0.1) is 0 Å². The number of rotatable bonds is 5. The van der Waals surface area contributed by atoms with E-state index >= 15 is 0 Å². The molecule has 0 spiro atoms. The van der Waals surface area contributed by atoms with Crippen molar-refractivity contribution in [2.75, 3.05) is 0 Å². The first-order valence-electron chi connectivity index (χ1n) is 5.86. The number of nitrogens with zero attached hydrogens (tertiary/aromatic N) is 2. The molecule has 0 fully saturated rings. The Balaban J connectivity index is 1.90. The molecule has 2 aromatic rings. The van der Waals surface area contributed by atoms with Crippen LogP contribution in [0.5, 0.6) is 5.75 Å². The lowest BCUT2D eigenvalue weighted by Gasteiger charge is -2.07. The van der Waals surface area contributed by atoms with Gasteiger partial charge in [-0.3, -0.25) is 4.79 Å². The Bertz CT molecular complexity index is 606. The molecule has 1 aromatic heterocycles. The van der Waals surface area contributed by atoms with Gasteiger partial charge >= 0.3 is 6.61 Å². The van der Waals surface area contributed by atoms with Crippen molar-refractivity contribution in [3.8, 4) is 5.75 Å². The molecule has 1 heterocycles. The topological polar surface area (TPSA) is 64.1 Å². The standard InChI is InChI=1S/C13H10ClF2N3O2/c14-11-6-5-10(18-19-11)12(20)17-7-8-1-3-9(4-2-8)21-13(15)16/h1-6,13H,7H2,(H,17,20). The molecule has 0 aliphatic carbocycles. The second-order valence-electron chi connectivity index (χ2n) is 3.95. The summed E-state index contributed by atoms with van der Waals surface area (Å²) >= 11 is 5.57. The molecule has 0 aliphatic heterocycles. The molecular formula is C13H10ClF2N3O2. The first-order chi connectivity index (χ1) is 10.0. The van der Waals surface area contributed by atoms with Crippen LogP contribution in [0.3, 0.4) is 0 Å². The van der Waals surface area contributed by atoms with Gasteiger partial charge in [-0.05, 0) is 29.8 Å². The molecule has 0 bridgehead atoms. The van der Waals surface area contributed by atoms with Gasteiger partial charge in [-0.1, -0.05) is 23.7 Å². The highest BCUT2D eigenvalue weighted by atomic mass is 35.5. The predicted octanol–water partition coefficient (Wildman–Crippen LogP) is 2.66. The zero-order valence-electron chi connectivity index (χ0n) is 10.6. The SMILES string of the molecule is O=C(NCc1ccc(OC(F)F)cc1)c1ccc(Cl)nn1. The van der Waals surface area contributed by atoms with E-state index in [1.807, 2.05) is 0 Å². The van der Waals surface area contributed by atoms with Crippen molar-refractivity contribution in [2.45, 2.75) is 13.2 Å². The third kappa shape index (κ3) is 4.64. The summed E-state index contributed by atoms with van der Waals surface area (Å²) in [5.41, 5.74) is 0.865. The molecule has 0 unspecified atom stereocenters. The summed E-state index contributed by atoms with van der Waals surface area (Å²) in [6.45, 7) is -2.64. The van der Waals surface area contributed by atoms with Gasteiger partial charge in [0.05, 0.1) is 0 Å². The van der Waals surface area contributed by atoms with E-state index in [9.17, 15) is 13.6 Å². The molecule has 1 amide bonds. The van der Waals surface area contributed by atoms with E-state index in [0.717, 1.165) is 5.56 Å². The molecule has 1 N–H and O–H groups in total. The van der Waals surface area contributed by atoms with Gasteiger partial charge in [0.25, 0.3) is 5.91 Å². The summed E-state index contributed by atoms with van der Waals surface area (Å²) in [5, 5.41) is 10.0. The lowest BCUT2D eigenvalue weighted by molar-refractivity contribution is -0.0498. The minimum absolute atomic E-state index is 0.0589. The van der Waals surface area contributed by atoms with Gasteiger partial charge < -0.3 is 10.1 Å². The largest absolute Gasteiger partial charge is 0.435 e. The number of halogens is 3. The summed E-state index contributed by atoms with van der Waals surface area (Å²) in [6, 6.07) is 8.85. The van der Waals surface area contributed by atoms with Crippen molar-refractivity contribution in [1.29, 1.82) is 0 Å². The molecule has 110 valence electrons. The van der Waals surface area contributed by atoms with Crippen LogP contribution in [0.4, 0.5) is 8.78 Å². The van der Waals surface area contributed by atoms with Crippen LogP contribution >= 0.6 is 11.6 Å². The van der Waals surface area contributed by atoms with Crippen molar-refractivity contribution >= 4 is 17.5 Å². The number of hydrogen-bond donors (Lipinski definition) is 1. The van der Waals surface area contributed by atoms with Crippen molar-refractivity contribution in [3.63, 3.8) is 0 Å². The number of ether oxygens (including phenoxy) is 1. The van der Waals surface area contributed by atoms with Crippen LogP contribution < -0.4 is 10.1 Å². The highest BCUT2D eigenvalue weighted by molar-refractivity contribution is 6.29. The van der Waals surface area contributed by atoms with E-state index in [1.54, 1.807) is 12.1 Å². The number of amides is 1. The molecule has 0 radical (unpaired) electrons. The van der Waals surface area contributed by atoms with Gasteiger partial charge in [0.15, 0.2) is 10.8 Å². The molecule has 5 nitrogen and oxygen atoms in total. The van der Waals surface area contributed by atoms with Crippen molar-refractivity contribution in [2.24, 2.45) is 0 Å². The van der Waals surface area contributed by atoms with E-state index in [2.05, 4.69) is 20.3 Å². The van der Waals surface area contributed by atoms with Crippen LogP contribution in [0.25, 0.3) is 0 Å². The maximum absolute atomic E-state index is 12.0. The Morgan fingerprint density at radius 1 is 1.19 bits per heavy atom. The fourth-order valence-corrected chi connectivity index (χ4v) is 1.60. The average molecular weight is 314 g/mol. The third-order valence-corrected chi connectivity index (χ3v) is 2.67. The third-order valence-electron chi connectivity index (χ3n) is 2.47. The number of hydrogen-bond acceptors (Lipinski definition) is 4. The number of nitrogens with one attached hydrogen (secondary N) is 1. The van der Waals surface area contributed by atoms with Gasteiger partial charge in [-0.15, -0.1) is 10.2 Å².